The molecule has 0 bridgehead atoms. The van der Waals surface area contributed by atoms with E-state index in [1.165, 1.54) is 6.07 Å². The molecule has 2 heterocycles. The number of pyridine rings is 1. The Bertz CT molecular complexity index is 524. The van der Waals surface area contributed by atoms with Crippen molar-refractivity contribution >= 4 is 11.6 Å². The van der Waals surface area contributed by atoms with E-state index >= 15 is 0 Å². The van der Waals surface area contributed by atoms with E-state index in [4.69, 9.17) is 22.1 Å². The van der Waals surface area contributed by atoms with Crippen LogP contribution >= 0.6 is 11.6 Å². The lowest BCUT2D eigenvalue weighted by molar-refractivity contribution is -0.263. The monoisotopic (exact) mass is 310 g/mol. The van der Waals surface area contributed by atoms with E-state index in [2.05, 4.69) is 4.98 Å². The zero-order chi connectivity index (χ0) is 15.1. The zero-order valence-corrected chi connectivity index (χ0v) is 11.4. The smallest absolute Gasteiger partial charge is 0.424 e. The second-order valence-electron chi connectivity index (χ2n) is 4.69. The minimum Gasteiger partial charge on any atom is -0.489 e. The Morgan fingerprint density at radius 2 is 2.20 bits per heavy atom. The number of nitrogens with two attached hydrogens (primary N) is 1. The van der Waals surface area contributed by atoms with Crippen molar-refractivity contribution in [3.63, 3.8) is 0 Å². The molecule has 1 aliphatic heterocycles. The van der Waals surface area contributed by atoms with Crippen molar-refractivity contribution in [3.05, 3.63) is 22.5 Å². The van der Waals surface area contributed by atoms with Crippen LogP contribution in [0.3, 0.4) is 0 Å². The van der Waals surface area contributed by atoms with Crippen LogP contribution in [0.4, 0.5) is 13.2 Å². The Hall–Kier alpha value is -1.05. The summed E-state index contributed by atoms with van der Waals surface area (Å²) in [5, 5.41) is 9.64. The molecule has 8 heteroatoms. The molecule has 20 heavy (non-hydrogen) atoms. The van der Waals surface area contributed by atoms with E-state index < -0.39 is 24.0 Å². The van der Waals surface area contributed by atoms with Crippen LogP contribution in [0.2, 0.25) is 5.15 Å². The summed E-state index contributed by atoms with van der Waals surface area (Å²) in [6, 6.07) is 1.18. The molecule has 2 unspecified atom stereocenters. The first-order valence-electron chi connectivity index (χ1n) is 6.07. The second kappa shape index (κ2) is 5.05. The standard InChI is InChI=1S/C12H14ClF3N2O2/c1-2-6-4-20-9-7(6)3-8(18-10(9)13)11(19,5-17)12(14,15)16/h3,6,19H,2,4-5,17H2,1H3. The van der Waals surface area contributed by atoms with Crippen LogP contribution < -0.4 is 10.5 Å². The summed E-state index contributed by atoms with van der Waals surface area (Å²) in [6.07, 6.45) is -4.26. The van der Waals surface area contributed by atoms with Crippen molar-refractivity contribution in [2.24, 2.45) is 5.73 Å². The van der Waals surface area contributed by atoms with Gasteiger partial charge >= 0.3 is 6.18 Å². The van der Waals surface area contributed by atoms with Crippen molar-refractivity contribution < 1.29 is 23.0 Å². The topological polar surface area (TPSA) is 68.4 Å². The van der Waals surface area contributed by atoms with Gasteiger partial charge in [-0.05, 0) is 12.5 Å². The number of fused-ring (bicyclic) bond motifs is 1. The summed E-state index contributed by atoms with van der Waals surface area (Å²) >= 11 is 5.85. The first-order chi connectivity index (χ1) is 9.24. The Morgan fingerprint density at radius 1 is 1.55 bits per heavy atom. The van der Waals surface area contributed by atoms with Crippen LogP contribution in [0.5, 0.6) is 5.75 Å². The van der Waals surface area contributed by atoms with Gasteiger partial charge in [0.2, 0.25) is 5.60 Å². The van der Waals surface area contributed by atoms with Crippen molar-refractivity contribution in [2.45, 2.75) is 31.0 Å². The third-order valence-electron chi connectivity index (χ3n) is 3.51. The molecule has 1 aromatic heterocycles. The van der Waals surface area contributed by atoms with Crippen LogP contribution in [0, 0.1) is 0 Å². The van der Waals surface area contributed by atoms with Crippen molar-refractivity contribution in [2.75, 3.05) is 13.2 Å². The molecule has 2 rings (SSSR count). The number of nitrogens with zero attached hydrogens (tertiary/aromatic N) is 1. The average molecular weight is 311 g/mol. The molecule has 1 aromatic rings. The van der Waals surface area contributed by atoms with E-state index in [9.17, 15) is 18.3 Å². The Balaban J connectivity index is 2.57. The number of ether oxygens (including phenoxy) is 1. The maximum Gasteiger partial charge on any atom is 0.424 e. The quantitative estimate of drug-likeness (QED) is 0.841. The highest BCUT2D eigenvalue weighted by Crippen LogP contribution is 2.44. The largest absolute Gasteiger partial charge is 0.489 e. The summed E-state index contributed by atoms with van der Waals surface area (Å²) in [7, 11) is 0. The average Bonchev–Trinajstić information content (AvgIpc) is 2.79. The fourth-order valence-corrected chi connectivity index (χ4v) is 2.41. The Kier molecular flexibility index (Phi) is 3.88. The summed E-state index contributed by atoms with van der Waals surface area (Å²) in [4.78, 5) is 3.61. The number of alkyl halides is 3. The molecule has 0 saturated carbocycles. The molecule has 0 fully saturated rings. The predicted molar refractivity (Wildman–Crippen MR) is 66.8 cm³/mol. The van der Waals surface area contributed by atoms with E-state index in [1.807, 2.05) is 6.92 Å². The van der Waals surface area contributed by atoms with Crippen molar-refractivity contribution in [1.82, 2.24) is 4.98 Å². The Labute approximate surface area is 118 Å². The Morgan fingerprint density at radius 3 is 2.70 bits per heavy atom. The van der Waals surface area contributed by atoms with E-state index in [0.29, 0.717) is 18.6 Å². The van der Waals surface area contributed by atoms with Gasteiger partial charge < -0.3 is 15.6 Å². The lowest BCUT2D eigenvalue weighted by Crippen LogP contribution is -2.49. The third-order valence-corrected chi connectivity index (χ3v) is 3.77. The highest BCUT2D eigenvalue weighted by atomic mass is 35.5. The molecule has 112 valence electrons. The van der Waals surface area contributed by atoms with Gasteiger partial charge in [0.1, 0.15) is 0 Å². The molecule has 0 aliphatic carbocycles. The molecule has 4 nitrogen and oxygen atoms in total. The van der Waals surface area contributed by atoms with Gasteiger partial charge in [0.25, 0.3) is 0 Å². The van der Waals surface area contributed by atoms with Gasteiger partial charge in [-0.25, -0.2) is 4.98 Å². The predicted octanol–water partition coefficient (Wildman–Crippen LogP) is 2.33. The summed E-state index contributed by atoms with van der Waals surface area (Å²) in [6.45, 7) is 1.19. The number of halogens is 4. The molecule has 3 N–H and O–H groups in total. The molecule has 0 radical (unpaired) electrons. The van der Waals surface area contributed by atoms with Crippen molar-refractivity contribution in [1.29, 1.82) is 0 Å². The molecule has 0 amide bonds. The minimum absolute atomic E-state index is 0.0699. The van der Waals surface area contributed by atoms with Gasteiger partial charge in [-0.3, -0.25) is 0 Å². The summed E-state index contributed by atoms with van der Waals surface area (Å²) < 4.78 is 44.4. The molecule has 0 spiro atoms. The van der Waals surface area contributed by atoms with Crippen LogP contribution in [0.15, 0.2) is 6.07 Å². The maximum absolute atomic E-state index is 13.0. The molecular weight excluding hydrogens is 297 g/mol. The number of hydrogen-bond acceptors (Lipinski definition) is 4. The second-order valence-corrected chi connectivity index (χ2v) is 5.05. The van der Waals surface area contributed by atoms with Crippen LogP contribution in [-0.2, 0) is 5.60 Å². The van der Waals surface area contributed by atoms with Crippen LogP contribution in [0.1, 0.15) is 30.5 Å². The minimum atomic E-state index is -4.94. The number of aromatic nitrogens is 1. The highest BCUT2D eigenvalue weighted by molar-refractivity contribution is 6.31. The third kappa shape index (κ3) is 2.23. The summed E-state index contributed by atoms with van der Waals surface area (Å²) in [5.41, 5.74) is 1.82. The summed E-state index contributed by atoms with van der Waals surface area (Å²) in [5.74, 6) is 0.211. The normalized spacial score (nSPS) is 21.2. The highest BCUT2D eigenvalue weighted by Gasteiger charge is 2.55. The number of rotatable bonds is 3. The first kappa shape index (κ1) is 15.3. The first-order valence-corrected chi connectivity index (χ1v) is 6.45. The van der Waals surface area contributed by atoms with Crippen LogP contribution in [-0.4, -0.2) is 29.4 Å². The number of aliphatic hydroxyl groups is 1. The van der Waals surface area contributed by atoms with Crippen LogP contribution in [0.25, 0.3) is 0 Å². The lowest BCUT2D eigenvalue weighted by atomic mass is 9.93. The number of hydrogen-bond donors (Lipinski definition) is 2. The van der Waals surface area contributed by atoms with E-state index in [1.54, 1.807) is 0 Å². The van der Waals surface area contributed by atoms with Gasteiger partial charge in [0.15, 0.2) is 10.9 Å². The maximum atomic E-state index is 13.0. The van der Waals surface area contributed by atoms with Gasteiger partial charge in [0.05, 0.1) is 12.3 Å². The van der Waals surface area contributed by atoms with Gasteiger partial charge in [0, 0.05) is 18.0 Å². The molecule has 1 aliphatic rings. The molecular formula is C12H14ClF3N2O2. The fraction of sp³-hybridized carbons (Fsp3) is 0.583. The van der Waals surface area contributed by atoms with E-state index in [-0.39, 0.29) is 16.8 Å². The molecule has 2 atom stereocenters. The van der Waals surface area contributed by atoms with Crippen molar-refractivity contribution in [3.8, 4) is 5.75 Å². The van der Waals surface area contributed by atoms with Gasteiger partial charge in [-0.15, -0.1) is 0 Å². The van der Waals surface area contributed by atoms with Gasteiger partial charge in [-0.2, -0.15) is 13.2 Å². The van der Waals surface area contributed by atoms with Gasteiger partial charge in [-0.1, -0.05) is 18.5 Å². The lowest BCUT2D eigenvalue weighted by Gasteiger charge is -2.29. The molecule has 0 saturated heterocycles. The molecule has 0 aromatic carbocycles. The fourth-order valence-electron chi connectivity index (χ4n) is 2.16. The SMILES string of the molecule is CCC1COc2c1cc(C(O)(CN)C(F)(F)F)nc2Cl. The van der Waals surface area contributed by atoms with E-state index in [0.717, 1.165) is 0 Å². The zero-order valence-electron chi connectivity index (χ0n) is 10.7.